The lowest BCUT2D eigenvalue weighted by atomic mass is 9.83. The highest BCUT2D eigenvalue weighted by Gasteiger charge is 2.31. The fourth-order valence-electron chi connectivity index (χ4n) is 2.70. The number of halogens is 3. The number of hydrogen-bond acceptors (Lipinski definition) is 2. The van der Waals surface area contributed by atoms with E-state index < -0.39 is 6.36 Å². The molecule has 0 fully saturated rings. The molecule has 0 unspecified atom stereocenters. The van der Waals surface area contributed by atoms with Crippen molar-refractivity contribution in [3.8, 4) is 17.0 Å². The van der Waals surface area contributed by atoms with E-state index in [0.29, 0.717) is 5.69 Å². The van der Waals surface area contributed by atoms with Gasteiger partial charge >= 0.3 is 6.36 Å². The van der Waals surface area contributed by atoms with E-state index in [1.54, 1.807) is 12.1 Å². The number of nitrogens with zero attached hydrogens (tertiary/aromatic N) is 2. The first kappa shape index (κ1) is 17.3. The predicted octanol–water partition coefficient (Wildman–Crippen LogP) is 5.59. The van der Waals surface area contributed by atoms with Crippen LogP contribution in [-0.4, -0.2) is 15.7 Å². The molecule has 0 spiro atoms. The molecule has 3 rings (SSSR count). The molecule has 1 aromatic carbocycles. The fourth-order valence-corrected chi connectivity index (χ4v) is 2.70. The van der Waals surface area contributed by atoms with Gasteiger partial charge in [-0.1, -0.05) is 26.8 Å². The Hall–Kier alpha value is -2.50. The summed E-state index contributed by atoms with van der Waals surface area (Å²) >= 11 is 0. The maximum absolute atomic E-state index is 12.3. The zero-order chi connectivity index (χ0) is 18.2. The van der Waals surface area contributed by atoms with E-state index in [1.165, 1.54) is 12.1 Å². The maximum Gasteiger partial charge on any atom is 0.573 e. The topological polar surface area (TPSA) is 26.5 Å². The molecule has 0 atom stereocenters. The van der Waals surface area contributed by atoms with Crippen molar-refractivity contribution >= 4 is 5.65 Å². The molecule has 2 heterocycles. The highest BCUT2D eigenvalue weighted by molar-refractivity contribution is 5.65. The van der Waals surface area contributed by atoms with Crippen LogP contribution in [0.3, 0.4) is 0 Å². The summed E-state index contributed by atoms with van der Waals surface area (Å²) in [4.78, 5) is 4.70. The second-order valence-electron chi connectivity index (χ2n) is 6.59. The summed E-state index contributed by atoms with van der Waals surface area (Å²) < 4.78 is 42.6. The van der Waals surface area contributed by atoms with Gasteiger partial charge < -0.3 is 9.14 Å². The quantitative estimate of drug-likeness (QED) is 0.615. The highest BCUT2D eigenvalue weighted by Crippen LogP contribution is 2.32. The lowest BCUT2D eigenvalue weighted by molar-refractivity contribution is -0.274. The average molecular weight is 348 g/mol. The lowest BCUT2D eigenvalue weighted by Crippen LogP contribution is -2.16. The third kappa shape index (κ3) is 3.62. The zero-order valence-corrected chi connectivity index (χ0v) is 14.3. The van der Waals surface area contributed by atoms with Gasteiger partial charge in [-0.05, 0) is 42.2 Å². The molecule has 0 saturated heterocycles. The Morgan fingerprint density at radius 1 is 1.08 bits per heavy atom. The fraction of sp³-hybridized carbons (Fsp3) is 0.316. The summed E-state index contributed by atoms with van der Waals surface area (Å²) in [6, 6.07) is 9.79. The molecule has 0 aliphatic heterocycles. The molecule has 0 bridgehead atoms. The summed E-state index contributed by atoms with van der Waals surface area (Å²) in [5, 5.41) is 0. The molecule has 2 aromatic heterocycles. The molecule has 132 valence electrons. The standard InChI is InChI=1S/C19H19F3N2O/c1-4-18(2,3)15-6-5-11-24-12-16(23-17(15)24)13-7-9-14(10-8-13)25-19(20,21)22/h5-12H,4H2,1-3H3. The molecule has 0 N–H and O–H groups in total. The minimum Gasteiger partial charge on any atom is -0.406 e. The Labute approximate surface area is 144 Å². The SMILES string of the molecule is CCC(C)(C)c1cccn2cc(-c3ccc(OC(F)(F)F)cc3)nc12. The van der Waals surface area contributed by atoms with Crippen LogP contribution in [0.2, 0.25) is 0 Å². The van der Waals surface area contributed by atoms with Gasteiger partial charge in [-0.2, -0.15) is 0 Å². The Kier molecular flexibility index (Phi) is 4.22. The van der Waals surface area contributed by atoms with E-state index in [1.807, 2.05) is 22.9 Å². The van der Waals surface area contributed by atoms with E-state index >= 15 is 0 Å². The summed E-state index contributed by atoms with van der Waals surface area (Å²) in [7, 11) is 0. The number of aromatic nitrogens is 2. The minimum atomic E-state index is -4.69. The number of ether oxygens (including phenoxy) is 1. The molecule has 0 amide bonds. The number of pyridine rings is 1. The molecule has 3 aromatic rings. The van der Waals surface area contributed by atoms with Crippen LogP contribution < -0.4 is 4.74 Å². The van der Waals surface area contributed by atoms with Gasteiger partial charge in [-0.15, -0.1) is 13.2 Å². The van der Waals surface area contributed by atoms with E-state index in [0.717, 1.165) is 23.2 Å². The van der Waals surface area contributed by atoms with E-state index in [9.17, 15) is 13.2 Å². The van der Waals surface area contributed by atoms with Crippen molar-refractivity contribution < 1.29 is 17.9 Å². The Morgan fingerprint density at radius 2 is 1.76 bits per heavy atom. The molecular weight excluding hydrogens is 329 g/mol. The minimum absolute atomic E-state index is 0.0183. The number of rotatable bonds is 4. The van der Waals surface area contributed by atoms with Gasteiger partial charge in [0.15, 0.2) is 0 Å². The van der Waals surface area contributed by atoms with Gasteiger partial charge in [0.05, 0.1) is 5.69 Å². The average Bonchev–Trinajstić information content (AvgIpc) is 2.97. The van der Waals surface area contributed by atoms with Crippen LogP contribution in [-0.2, 0) is 5.41 Å². The second-order valence-corrected chi connectivity index (χ2v) is 6.59. The number of alkyl halides is 3. The van der Waals surface area contributed by atoms with E-state index in [2.05, 4.69) is 31.6 Å². The van der Waals surface area contributed by atoms with Crippen molar-refractivity contribution in [2.45, 2.75) is 39.0 Å². The van der Waals surface area contributed by atoms with Gasteiger partial charge in [-0.25, -0.2) is 4.98 Å². The molecular formula is C19H19F3N2O. The third-order valence-corrected chi connectivity index (χ3v) is 4.48. The van der Waals surface area contributed by atoms with Gasteiger partial charge in [0.25, 0.3) is 0 Å². The number of benzene rings is 1. The maximum atomic E-state index is 12.3. The zero-order valence-electron chi connectivity index (χ0n) is 14.3. The molecule has 0 saturated carbocycles. The predicted molar refractivity (Wildman–Crippen MR) is 90.6 cm³/mol. The van der Waals surface area contributed by atoms with Crippen LogP contribution in [0.5, 0.6) is 5.75 Å². The number of hydrogen-bond donors (Lipinski definition) is 0. The van der Waals surface area contributed by atoms with Crippen LogP contribution in [0.1, 0.15) is 32.8 Å². The first-order valence-electron chi connectivity index (χ1n) is 8.04. The molecule has 3 nitrogen and oxygen atoms in total. The molecule has 6 heteroatoms. The van der Waals surface area contributed by atoms with Crippen LogP contribution in [0.15, 0.2) is 48.8 Å². The first-order chi connectivity index (χ1) is 11.7. The van der Waals surface area contributed by atoms with Crippen molar-refractivity contribution in [1.82, 2.24) is 9.38 Å². The number of fused-ring (bicyclic) bond motifs is 1. The first-order valence-corrected chi connectivity index (χ1v) is 8.04. The second kappa shape index (κ2) is 6.10. The smallest absolute Gasteiger partial charge is 0.406 e. The monoisotopic (exact) mass is 348 g/mol. The van der Waals surface area contributed by atoms with Crippen molar-refractivity contribution in [3.05, 3.63) is 54.4 Å². The summed E-state index contributed by atoms with van der Waals surface area (Å²) in [6.45, 7) is 6.46. The van der Waals surface area contributed by atoms with Gasteiger partial charge in [0.2, 0.25) is 0 Å². The van der Waals surface area contributed by atoms with Crippen LogP contribution in [0, 0.1) is 0 Å². The number of imidazole rings is 1. The summed E-state index contributed by atoms with van der Waals surface area (Å²) in [6.07, 6.45) is 0.0794. The molecule has 0 radical (unpaired) electrons. The Morgan fingerprint density at radius 3 is 2.36 bits per heavy atom. The van der Waals surface area contributed by atoms with Gasteiger partial charge in [0.1, 0.15) is 11.4 Å². The lowest BCUT2D eigenvalue weighted by Gasteiger charge is -2.23. The molecule has 0 aliphatic rings. The van der Waals surface area contributed by atoms with Crippen molar-refractivity contribution in [3.63, 3.8) is 0 Å². The van der Waals surface area contributed by atoms with Gasteiger partial charge in [-0.3, -0.25) is 0 Å². The highest BCUT2D eigenvalue weighted by atomic mass is 19.4. The van der Waals surface area contributed by atoms with E-state index in [4.69, 9.17) is 4.98 Å². The van der Waals surface area contributed by atoms with Crippen molar-refractivity contribution in [1.29, 1.82) is 0 Å². The van der Waals surface area contributed by atoms with E-state index in [-0.39, 0.29) is 11.2 Å². The summed E-state index contributed by atoms with van der Waals surface area (Å²) in [5.74, 6) is -0.243. The van der Waals surface area contributed by atoms with Gasteiger partial charge in [0, 0.05) is 23.5 Å². The van der Waals surface area contributed by atoms with Crippen LogP contribution in [0.4, 0.5) is 13.2 Å². The molecule has 25 heavy (non-hydrogen) atoms. The van der Waals surface area contributed by atoms with Crippen molar-refractivity contribution in [2.24, 2.45) is 0 Å². The summed E-state index contributed by atoms with van der Waals surface area (Å²) in [5.41, 5.74) is 3.42. The molecule has 0 aliphatic carbocycles. The van der Waals surface area contributed by atoms with Crippen LogP contribution in [0.25, 0.3) is 16.9 Å². The largest absolute Gasteiger partial charge is 0.573 e. The van der Waals surface area contributed by atoms with Crippen LogP contribution >= 0.6 is 0 Å². The Balaban J connectivity index is 1.99. The normalized spacial score (nSPS) is 12.6. The Bertz CT molecular complexity index is 880. The van der Waals surface area contributed by atoms with Crippen molar-refractivity contribution in [2.75, 3.05) is 0 Å². The third-order valence-electron chi connectivity index (χ3n) is 4.48.